The van der Waals surface area contributed by atoms with Crippen LogP contribution in [0.3, 0.4) is 0 Å². The average molecular weight is 232 g/mol. The zero-order valence-electron chi connectivity index (χ0n) is 9.53. The van der Waals surface area contributed by atoms with E-state index in [1.807, 2.05) is 0 Å². The van der Waals surface area contributed by atoms with Crippen LogP contribution in [0.4, 0.5) is 0 Å². The van der Waals surface area contributed by atoms with Crippen molar-refractivity contribution in [1.29, 1.82) is 0 Å². The zero-order valence-corrected chi connectivity index (χ0v) is 10.3. The van der Waals surface area contributed by atoms with Crippen LogP contribution in [-0.2, 0) is 4.79 Å². The molecule has 0 N–H and O–H groups in total. The van der Waals surface area contributed by atoms with E-state index in [0.29, 0.717) is 18.6 Å². The minimum atomic E-state index is 0.279. The van der Waals surface area contributed by atoms with Crippen molar-refractivity contribution in [3.05, 3.63) is 29.8 Å². The number of carbonyl (C=O) groups excluding carboxylic acids is 1. The third-order valence-corrected chi connectivity index (χ3v) is 3.27. The molecular weight excluding hydrogens is 216 g/mol. The van der Waals surface area contributed by atoms with Crippen molar-refractivity contribution in [2.45, 2.75) is 31.1 Å². The molecule has 0 radical (unpaired) electrons. The van der Waals surface area contributed by atoms with Gasteiger partial charge in [0, 0.05) is 17.7 Å². The summed E-state index contributed by atoms with van der Waals surface area (Å²) < 4.78 is 0. The average Bonchev–Trinajstić information content (AvgIpc) is 2.29. The first kappa shape index (κ1) is 12.9. The summed E-state index contributed by atoms with van der Waals surface area (Å²) in [7, 11) is 0. The Kier molecular flexibility index (Phi) is 5.74. The normalized spacial score (nSPS) is 9.75. The molecule has 0 amide bonds. The molecule has 0 heterocycles. The molecule has 1 nitrogen and oxygen atoms in total. The molecule has 0 atom stereocenters. The molecule has 0 aromatic heterocycles. The standard InChI is InChI=1S/C14H16OS/c1-3-4-5-6-13(15)11-16-14-9-7-12(2)8-10-14/h1,7-10H,4-6,11H2,2H3. The largest absolute Gasteiger partial charge is 0.299 e. The van der Waals surface area contributed by atoms with Crippen molar-refractivity contribution in [3.8, 4) is 12.3 Å². The molecule has 0 fully saturated rings. The number of terminal acetylenes is 1. The number of ketones is 1. The fraction of sp³-hybridized carbons (Fsp3) is 0.357. The van der Waals surface area contributed by atoms with E-state index in [2.05, 4.69) is 37.1 Å². The summed E-state index contributed by atoms with van der Waals surface area (Å²) in [4.78, 5) is 12.6. The van der Waals surface area contributed by atoms with Crippen LogP contribution in [0, 0.1) is 19.3 Å². The lowest BCUT2D eigenvalue weighted by atomic mass is 10.2. The fourth-order valence-electron chi connectivity index (χ4n) is 1.26. The number of hydrogen-bond donors (Lipinski definition) is 0. The summed E-state index contributed by atoms with van der Waals surface area (Å²) in [6, 6.07) is 8.22. The third-order valence-electron chi connectivity index (χ3n) is 2.20. The van der Waals surface area contributed by atoms with Gasteiger partial charge in [-0.1, -0.05) is 17.7 Å². The lowest BCUT2D eigenvalue weighted by molar-refractivity contribution is -0.116. The highest BCUT2D eigenvalue weighted by Crippen LogP contribution is 2.18. The van der Waals surface area contributed by atoms with Gasteiger partial charge in [-0.05, 0) is 25.5 Å². The number of Topliss-reactive ketones (excluding diaryl/α,β-unsaturated/α-hetero) is 1. The molecule has 0 aliphatic rings. The van der Waals surface area contributed by atoms with E-state index in [1.165, 1.54) is 5.56 Å². The lowest BCUT2D eigenvalue weighted by Gasteiger charge is -2.01. The van der Waals surface area contributed by atoms with Gasteiger partial charge in [-0.15, -0.1) is 24.1 Å². The summed E-state index contributed by atoms with van der Waals surface area (Å²) in [6.07, 6.45) is 7.23. The summed E-state index contributed by atoms with van der Waals surface area (Å²) in [5, 5.41) is 0. The Morgan fingerprint density at radius 2 is 2.06 bits per heavy atom. The second-order valence-electron chi connectivity index (χ2n) is 3.70. The molecule has 0 aliphatic carbocycles. The van der Waals surface area contributed by atoms with Gasteiger partial charge in [-0.25, -0.2) is 0 Å². The Balaban J connectivity index is 2.26. The monoisotopic (exact) mass is 232 g/mol. The molecule has 2 heteroatoms. The van der Waals surface area contributed by atoms with Crippen molar-refractivity contribution in [2.75, 3.05) is 5.75 Å². The number of aryl methyl sites for hydroxylation is 1. The zero-order chi connectivity index (χ0) is 11.8. The maximum atomic E-state index is 11.5. The molecule has 0 aliphatic heterocycles. The van der Waals surface area contributed by atoms with Crippen LogP contribution in [0.1, 0.15) is 24.8 Å². The van der Waals surface area contributed by atoms with E-state index >= 15 is 0 Å². The number of unbranched alkanes of at least 4 members (excludes halogenated alkanes) is 1. The molecule has 0 saturated heterocycles. The maximum absolute atomic E-state index is 11.5. The minimum Gasteiger partial charge on any atom is -0.299 e. The van der Waals surface area contributed by atoms with Crippen molar-refractivity contribution in [3.63, 3.8) is 0 Å². The molecule has 1 rings (SSSR count). The summed E-state index contributed by atoms with van der Waals surface area (Å²) >= 11 is 1.59. The van der Waals surface area contributed by atoms with Crippen molar-refractivity contribution in [1.82, 2.24) is 0 Å². The molecule has 1 aromatic carbocycles. The Bertz CT molecular complexity index is 373. The van der Waals surface area contributed by atoms with E-state index < -0.39 is 0 Å². The highest BCUT2D eigenvalue weighted by Gasteiger charge is 2.02. The van der Waals surface area contributed by atoms with Crippen LogP contribution in [0.25, 0.3) is 0 Å². The number of rotatable bonds is 6. The van der Waals surface area contributed by atoms with Gasteiger partial charge in [0.25, 0.3) is 0 Å². The molecule has 0 bridgehead atoms. The van der Waals surface area contributed by atoms with Crippen LogP contribution in [-0.4, -0.2) is 11.5 Å². The van der Waals surface area contributed by atoms with Crippen LogP contribution >= 0.6 is 11.8 Å². The Morgan fingerprint density at radius 3 is 2.69 bits per heavy atom. The first-order chi connectivity index (χ1) is 7.72. The van der Waals surface area contributed by atoms with Gasteiger partial charge in [-0.2, -0.15) is 0 Å². The van der Waals surface area contributed by atoms with Crippen molar-refractivity contribution in [2.24, 2.45) is 0 Å². The molecule has 0 spiro atoms. The van der Waals surface area contributed by atoms with Crippen LogP contribution in [0.2, 0.25) is 0 Å². The molecule has 16 heavy (non-hydrogen) atoms. The predicted molar refractivity (Wildman–Crippen MR) is 69.6 cm³/mol. The summed E-state index contributed by atoms with van der Waals surface area (Å²) in [5.41, 5.74) is 1.24. The topological polar surface area (TPSA) is 17.1 Å². The lowest BCUT2D eigenvalue weighted by Crippen LogP contribution is -2.00. The Labute approximate surface area is 102 Å². The van der Waals surface area contributed by atoms with Gasteiger partial charge < -0.3 is 0 Å². The summed E-state index contributed by atoms with van der Waals surface area (Å²) in [6.45, 7) is 2.05. The van der Waals surface area contributed by atoms with Crippen LogP contribution in [0.5, 0.6) is 0 Å². The SMILES string of the molecule is C#CCCCC(=O)CSc1ccc(C)cc1. The quantitative estimate of drug-likeness (QED) is 0.424. The highest BCUT2D eigenvalue weighted by atomic mass is 32.2. The molecular formula is C14H16OS. The number of benzene rings is 1. The van der Waals surface area contributed by atoms with E-state index in [0.717, 1.165) is 11.3 Å². The minimum absolute atomic E-state index is 0.279. The number of hydrogen-bond acceptors (Lipinski definition) is 2. The van der Waals surface area contributed by atoms with Gasteiger partial charge in [-0.3, -0.25) is 4.79 Å². The number of carbonyl (C=O) groups is 1. The second-order valence-corrected chi connectivity index (χ2v) is 4.75. The number of thioether (sulfide) groups is 1. The summed E-state index contributed by atoms with van der Waals surface area (Å²) in [5.74, 6) is 3.37. The first-order valence-corrected chi connectivity index (χ1v) is 6.35. The van der Waals surface area contributed by atoms with E-state index in [-0.39, 0.29) is 5.78 Å². The molecule has 0 unspecified atom stereocenters. The van der Waals surface area contributed by atoms with Crippen LogP contribution < -0.4 is 0 Å². The van der Waals surface area contributed by atoms with E-state index in [1.54, 1.807) is 11.8 Å². The van der Waals surface area contributed by atoms with Gasteiger partial charge in [0.15, 0.2) is 0 Å². The highest BCUT2D eigenvalue weighted by molar-refractivity contribution is 8.00. The van der Waals surface area contributed by atoms with Gasteiger partial charge in [0.1, 0.15) is 5.78 Å². The third kappa shape index (κ3) is 5.04. The van der Waals surface area contributed by atoms with Crippen molar-refractivity contribution < 1.29 is 4.79 Å². The maximum Gasteiger partial charge on any atom is 0.143 e. The Hall–Kier alpha value is -1.20. The van der Waals surface area contributed by atoms with E-state index in [9.17, 15) is 4.79 Å². The first-order valence-electron chi connectivity index (χ1n) is 5.37. The predicted octanol–water partition coefficient (Wildman–Crippen LogP) is 3.46. The van der Waals surface area contributed by atoms with Gasteiger partial charge in [0.2, 0.25) is 0 Å². The van der Waals surface area contributed by atoms with Gasteiger partial charge in [0.05, 0.1) is 5.75 Å². The Morgan fingerprint density at radius 1 is 1.38 bits per heavy atom. The molecule has 1 aromatic rings. The van der Waals surface area contributed by atoms with Crippen molar-refractivity contribution >= 4 is 17.5 Å². The van der Waals surface area contributed by atoms with Gasteiger partial charge >= 0.3 is 0 Å². The van der Waals surface area contributed by atoms with E-state index in [4.69, 9.17) is 6.42 Å². The fourth-order valence-corrected chi connectivity index (χ4v) is 2.06. The molecule has 84 valence electrons. The second kappa shape index (κ2) is 7.14. The molecule has 0 saturated carbocycles. The van der Waals surface area contributed by atoms with Crippen LogP contribution in [0.15, 0.2) is 29.2 Å². The smallest absolute Gasteiger partial charge is 0.143 e.